The van der Waals surface area contributed by atoms with Crippen LogP contribution in [0.25, 0.3) is 11.4 Å². The van der Waals surface area contributed by atoms with Gasteiger partial charge >= 0.3 is 0 Å². The van der Waals surface area contributed by atoms with Crippen molar-refractivity contribution in [3.05, 3.63) is 30.1 Å². The number of hydrogen-bond donors (Lipinski definition) is 2. The third kappa shape index (κ3) is 1.68. The molecule has 0 bridgehead atoms. The Hall–Kier alpha value is -1.88. The fourth-order valence-corrected chi connectivity index (χ4v) is 2.22. The summed E-state index contributed by atoms with van der Waals surface area (Å²) in [4.78, 5) is 0. The van der Waals surface area contributed by atoms with Gasteiger partial charge in [0.25, 0.3) is 0 Å². The van der Waals surface area contributed by atoms with Crippen LogP contribution in [0, 0.1) is 0 Å². The van der Waals surface area contributed by atoms with Crippen molar-refractivity contribution in [1.29, 1.82) is 0 Å². The highest BCUT2D eigenvalue weighted by Gasteiger charge is 2.23. The van der Waals surface area contributed by atoms with Crippen molar-refractivity contribution in [2.24, 2.45) is 0 Å². The highest BCUT2D eigenvalue weighted by atomic mass is 16.3. The van der Waals surface area contributed by atoms with Crippen LogP contribution in [-0.4, -0.2) is 25.0 Å². The van der Waals surface area contributed by atoms with Gasteiger partial charge in [-0.3, -0.25) is 4.57 Å². The topological polar surface area (TPSA) is 71.2 Å². The molecule has 88 valence electrons. The molecule has 1 unspecified atom stereocenters. The van der Waals surface area contributed by atoms with E-state index < -0.39 is 6.23 Å². The summed E-state index contributed by atoms with van der Waals surface area (Å²) in [5.41, 5.74) is 0.768. The first-order valence-electron chi connectivity index (χ1n) is 5.67. The van der Waals surface area contributed by atoms with Gasteiger partial charge in [-0.1, -0.05) is 12.1 Å². The van der Waals surface area contributed by atoms with E-state index in [4.69, 9.17) is 0 Å². The Labute approximate surface area is 98.4 Å². The van der Waals surface area contributed by atoms with Crippen molar-refractivity contribution in [3.63, 3.8) is 0 Å². The average Bonchev–Trinajstić information content (AvgIpc) is 2.74. The minimum absolute atomic E-state index is 0.185. The molecule has 0 saturated heterocycles. The van der Waals surface area contributed by atoms with Crippen LogP contribution in [-0.2, 0) is 6.42 Å². The van der Waals surface area contributed by atoms with E-state index in [1.165, 1.54) is 0 Å². The van der Waals surface area contributed by atoms with Crippen LogP contribution in [0.15, 0.2) is 24.3 Å². The van der Waals surface area contributed by atoms with Crippen molar-refractivity contribution in [3.8, 4) is 17.1 Å². The molecule has 2 aromatic rings. The standard InChI is InChI=1S/C12H13N3O2/c16-9-4-1-3-8(7-9)12-14-13-10-5-2-6-11(17)15(10)12/h1,3-4,7,11,16-17H,2,5-6H2. The fraction of sp³-hybridized carbons (Fsp3) is 0.333. The first-order valence-corrected chi connectivity index (χ1v) is 5.67. The molecule has 0 fully saturated rings. The number of fused-ring (bicyclic) bond motifs is 1. The SMILES string of the molecule is Oc1cccc(-c2nnc3n2C(O)CCC3)c1. The van der Waals surface area contributed by atoms with Crippen molar-refractivity contribution < 1.29 is 10.2 Å². The summed E-state index contributed by atoms with van der Waals surface area (Å²) in [7, 11) is 0. The number of phenols is 1. The number of aliphatic hydroxyl groups excluding tert-OH is 1. The lowest BCUT2D eigenvalue weighted by Gasteiger charge is -2.21. The maximum atomic E-state index is 9.98. The van der Waals surface area contributed by atoms with E-state index in [0.29, 0.717) is 5.82 Å². The van der Waals surface area contributed by atoms with Crippen LogP contribution in [0.4, 0.5) is 0 Å². The van der Waals surface area contributed by atoms with Crippen LogP contribution in [0.5, 0.6) is 5.75 Å². The predicted molar refractivity (Wildman–Crippen MR) is 61.3 cm³/mol. The van der Waals surface area contributed by atoms with Gasteiger partial charge in [0.05, 0.1) is 0 Å². The molecule has 5 heteroatoms. The molecule has 1 aromatic carbocycles. The molecule has 17 heavy (non-hydrogen) atoms. The largest absolute Gasteiger partial charge is 0.508 e. The first-order chi connectivity index (χ1) is 8.25. The Morgan fingerprint density at radius 1 is 1.29 bits per heavy atom. The molecule has 0 spiro atoms. The predicted octanol–water partition coefficient (Wildman–Crippen LogP) is 1.48. The van der Waals surface area contributed by atoms with Gasteiger partial charge in [-0.2, -0.15) is 0 Å². The number of rotatable bonds is 1. The number of aromatic hydroxyl groups is 1. The minimum Gasteiger partial charge on any atom is -0.508 e. The zero-order chi connectivity index (χ0) is 11.8. The van der Waals surface area contributed by atoms with E-state index in [-0.39, 0.29) is 5.75 Å². The van der Waals surface area contributed by atoms with Crippen molar-refractivity contribution in [1.82, 2.24) is 14.8 Å². The van der Waals surface area contributed by atoms with Crippen molar-refractivity contribution >= 4 is 0 Å². The average molecular weight is 231 g/mol. The number of phenolic OH excluding ortho intramolecular Hbond substituents is 1. The van der Waals surface area contributed by atoms with Gasteiger partial charge in [0.15, 0.2) is 5.82 Å². The molecule has 1 atom stereocenters. The maximum absolute atomic E-state index is 9.98. The lowest BCUT2D eigenvalue weighted by molar-refractivity contribution is 0.0796. The zero-order valence-corrected chi connectivity index (χ0v) is 9.24. The molecule has 3 rings (SSSR count). The summed E-state index contributed by atoms with van der Waals surface area (Å²) >= 11 is 0. The number of nitrogens with zero attached hydrogens (tertiary/aromatic N) is 3. The number of aliphatic hydroxyl groups is 1. The third-order valence-corrected chi connectivity index (χ3v) is 3.03. The van der Waals surface area contributed by atoms with Gasteiger partial charge in [-0.15, -0.1) is 10.2 Å². The van der Waals surface area contributed by atoms with E-state index in [9.17, 15) is 10.2 Å². The summed E-state index contributed by atoms with van der Waals surface area (Å²) in [6.07, 6.45) is 1.92. The molecule has 5 nitrogen and oxygen atoms in total. The van der Waals surface area contributed by atoms with Gasteiger partial charge in [0, 0.05) is 12.0 Å². The highest BCUT2D eigenvalue weighted by molar-refractivity contribution is 5.57. The summed E-state index contributed by atoms with van der Waals surface area (Å²) in [5, 5.41) is 27.6. The van der Waals surface area contributed by atoms with Crippen LogP contribution in [0.2, 0.25) is 0 Å². The highest BCUT2D eigenvalue weighted by Crippen LogP contribution is 2.29. The molecule has 1 aliphatic rings. The van der Waals surface area contributed by atoms with Gasteiger partial charge in [0.1, 0.15) is 17.8 Å². The van der Waals surface area contributed by atoms with E-state index in [2.05, 4.69) is 10.2 Å². The van der Waals surface area contributed by atoms with Crippen molar-refractivity contribution in [2.75, 3.05) is 0 Å². The van der Waals surface area contributed by atoms with Gasteiger partial charge < -0.3 is 10.2 Å². The second-order valence-electron chi connectivity index (χ2n) is 4.23. The van der Waals surface area contributed by atoms with Crippen LogP contribution in [0.3, 0.4) is 0 Å². The molecule has 2 heterocycles. The molecule has 0 aliphatic carbocycles. The van der Waals surface area contributed by atoms with Crippen LogP contribution < -0.4 is 0 Å². The summed E-state index contributed by atoms with van der Waals surface area (Å²) in [6.45, 7) is 0. The molecule has 2 N–H and O–H groups in total. The molecule has 0 saturated carbocycles. The number of benzene rings is 1. The molecular weight excluding hydrogens is 218 g/mol. The minimum atomic E-state index is -0.564. The fourth-order valence-electron chi connectivity index (χ4n) is 2.22. The summed E-state index contributed by atoms with van der Waals surface area (Å²) < 4.78 is 1.75. The Morgan fingerprint density at radius 3 is 3.00 bits per heavy atom. The summed E-state index contributed by atoms with van der Waals surface area (Å²) in [5.74, 6) is 1.61. The van der Waals surface area contributed by atoms with E-state index in [1.807, 2.05) is 6.07 Å². The van der Waals surface area contributed by atoms with Crippen LogP contribution >= 0.6 is 0 Å². The summed E-state index contributed by atoms with van der Waals surface area (Å²) in [6, 6.07) is 6.83. The lowest BCUT2D eigenvalue weighted by atomic mass is 10.1. The van der Waals surface area contributed by atoms with Crippen LogP contribution in [0.1, 0.15) is 24.9 Å². The van der Waals surface area contributed by atoms with Gasteiger partial charge in [-0.25, -0.2) is 0 Å². The Kier molecular flexibility index (Phi) is 2.33. The Bertz CT molecular complexity index is 550. The smallest absolute Gasteiger partial charge is 0.166 e. The third-order valence-electron chi connectivity index (χ3n) is 3.03. The van der Waals surface area contributed by atoms with E-state index in [1.54, 1.807) is 22.8 Å². The van der Waals surface area contributed by atoms with E-state index >= 15 is 0 Å². The molecule has 0 radical (unpaired) electrons. The second-order valence-corrected chi connectivity index (χ2v) is 4.23. The monoisotopic (exact) mass is 231 g/mol. The molecule has 0 amide bonds. The second kappa shape index (κ2) is 3.85. The Morgan fingerprint density at radius 2 is 2.18 bits per heavy atom. The lowest BCUT2D eigenvalue weighted by Crippen LogP contribution is -2.18. The quantitative estimate of drug-likeness (QED) is 0.779. The van der Waals surface area contributed by atoms with E-state index in [0.717, 1.165) is 30.7 Å². The first kappa shape index (κ1) is 10.3. The number of aromatic nitrogens is 3. The van der Waals surface area contributed by atoms with Gasteiger partial charge in [0.2, 0.25) is 0 Å². The molecular formula is C12H13N3O2. The zero-order valence-electron chi connectivity index (χ0n) is 9.24. The molecule has 1 aromatic heterocycles. The molecule has 1 aliphatic heterocycles. The van der Waals surface area contributed by atoms with Crippen molar-refractivity contribution in [2.45, 2.75) is 25.5 Å². The normalized spacial score (nSPS) is 19.0. The Balaban J connectivity index is 2.13. The number of hydrogen-bond acceptors (Lipinski definition) is 4. The maximum Gasteiger partial charge on any atom is 0.166 e. The number of aryl methyl sites for hydroxylation is 1. The van der Waals surface area contributed by atoms with Gasteiger partial charge in [-0.05, 0) is 25.0 Å².